The molecule has 0 radical (unpaired) electrons. The van der Waals surface area contributed by atoms with E-state index in [4.69, 9.17) is 0 Å². The number of fused-ring (bicyclic) bond motifs is 2. The Hall–Kier alpha value is -2.57. The highest BCUT2D eigenvalue weighted by Crippen LogP contribution is 2.45. The van der Waals surface area contributed by atoms with Crippen LogP contribution in [0.1, 0.15) is 17.3 Å². The number of allylic oxidation sites excluding steroid dienone is 5. The van der Waals surface area contributed by atoms with Crippen molar-refractivity contribution in [3.63, 3.8) is 0 Å². The third-order valence-electron chi connectivity index (χ3n) is 4.48. The lowest BCUT2D eigenvalue weighted by molar-refractivity contribution is 0.104. The molecule has 27 heavy (non-hydrogen) atoms. The van der Waals surface area contributed by atoms with Crippen molar-refractivity contribution in [2.45, 2.75) is 16.7 Å². The van der Waals surface area contributed by atoms with Crippen molar-refractivity contribution in [2.75, 3.05) is 11.4 Å². The predicted molar refractivity (Wildman–Crippen MR) is 109 cm³/mol. The monoisotopic (exact) mass is 395 g/mol. The third kappa shape index (κ3) is 2.95. The molecule has 2 aliphatic rings. The predicted octanol–water partition coefficient (Wildman–Crippen LogP) is 4.57. The van der Waals surface area contributed by atoms with Crippen LogP contribution >= 0.6 is 11.8 Å². The van der Waals surface area contributed by atoms with Crippen molar-refractivity contribution in [2.24, 2.45) is 0 Å². The van der Waals surface area contributed by atoms with Gasteiger partial charge in [-0.2, -0.15) is 0 Å². The van der Waals surface area contributed by atoms with Gasteiger partial charge < -0.3 is 4.90 Å². The average Bonchev–Trinajstić information content (AvgIpc) is 3.12. The number of Topliss-reactive ketones (excluding diaryl/α,β-unsaturated/α-hetero) is 1. The highest BCUT2D eigenvalue weighted by atomic mass is 32.2. The van der Waals surface area contributed by atoms with Crippen molar-refractivity contribution in [3.05, 3.63) is 88.3 Å². The second kappa shape index (κ2) is 6.87. The second-order valence-corrected chi connectivity index (χ2v) is 9.01. The molecule has 0 aromatic heterocycles. The molecule has 0 amide bonds. The zero-order valence-corrected chi connectivity index (χ0v) is 16.3. The van der Waals surface area contributed by atoms with Gasteiger partial charge in [-0.15, -0.1) is 0 Å². The minimum Gasteiger partial charge on any atom is -0.335 e. The van der Waals surface area contributed by atoms with E-state index in [-0.39, 0.29) is 15.4 Å². The molecule has 2 heterocycles. The molecule has 6 heteroatoms. The molecule has 2 aliphatic heterocycles. The molecule has 2 aromatic rings. The highest BCUT2D eigenvalue weighted by molar-refractivity contribution is 8.03. The van der Waals surface area contributed by atoms with Crippen molar-refractivity contribution in [1.82, 2.24) is 0 Å². The molecule has 0 bridgehead atoms. The number of hydrogen-bond acceptors (Lipinski definition) is 5. The summed E-state index contributed by atoms with van der Waals surface area (Å²) in [5.41, 5.74) is 1.42. The van der Waals surface area contributed by atoms with Crippen molar-refractivity contribution in [1.29, 1.82) is 0 Å². The Labute approximate surface area is 162 Å². The zero-order chi connectivity index (χ0) is 19.0. The summed E-state index contributed by atoms with van der Waals surface area (Å²) >= 11 is 1.67. The maximum Gasteiger partial charge on any atom is 0.211 e. The summed E-state index contributed by atoms with van der Waals surface area (Å²) in [7, 11) is -3.73. The first-order chi connectivity index (χ1) is 13.0. The SMILES string of the molecule is CCN1C(=CC=CC=C2C(=O)c3ccccc3S2(=O)=O)Sc2ccccc21. The molecular formula is C21H17NO3S2. The van der Waals surface area contributed by atoms with Gasteiger partial charge in [0.2, 0.25) is 15.6 Å². The lowest BCUT2D eigenvalue weighted by Gasteiger charge is -2.17. The lowest BCUT2D eigenvalue weighted by atomic mass is 10.1. The summed E-state index contributed by atoms with van der Waals surface area (Å²) in [6.07, 6.45) is 6.71. The summed E-state index contributed by atoms with van der Waals surface area (Å²) in [5.74, 6) is -0.444. The van der Waals surface area contributed by atoms with Gasteiger partial charge in [0, 0.05) is 17.0 Å². The van der Waals surface area contributed by atoms with Gasteiger partial charge in [0.15, 0.2) is 0 Å². The highest BCUT2D eigenvalue weighted by Gasteiger charge is 2.38. The van der Waals surface area contributed by atoms with E-state index in [9.17, 15) is 13.2 Å². The van der Waals surface area contributed by atoms with Gasteiger partial charge in [0.25, 0.3) is 0 Å². The van der Waals surface area contributed by atoms with E-state index >= 15 is 0 Å². The van der Waals surface area contributed by atoms with Gasteiger partial charge in [-0.3, -0.25) is 4.79 Å². The number of carbonyl (C=O) groups is 1. The number of carbonyl (C=O) groups excluding carboxylic acids is 1. The summed E-state index contributed by atoms with van der Waals surface area (Å²) in [4.78, 5) is 15.7. The molecule has 0 atom stereocenters. The Morgan fingerprint density at radius 2 is 1.70 bits per heavy atom. The van der Waals surface area contributed by atoms with Crippen molar-refractivity contribution >= 4 is 33.1 Å². The third-order valence-corrected chi connectivity index (χ3v) is 7.45. The number of sulfone groups is 1. The Morgan fingerprint density at radius 3 is 2.48 bits per heavy atom. The van der Waals surface area contributed by atoms with Crippen LogP contribution in [0.15, 0.2) is 92.6 Å². The number of ketones is 1. The smallest absolute Gasteiger partial charge is 0.211 e. The molecule has 0 unspecified atom stereocenters. The molecule has 0 saturated carbocycles. The topological polar surface area (TPSA) is 54.5 Å². The molecule has 0 saturated heterocycles. The Bertz CT molecular complexity index is 1130. The second-order valence-electron chi connectivity index (χ2n) is 6.06. The Balaban J connectivity index is 1.60. The molecule has 0 fully saturated rings. The van der Waals surface area contributed by atoms with E-state index < -0.39 is 15.6 Å². The molecule has 0 N–H and O–H groups in total. The molecule has 0 spiro atoms. The first-order valence-corrected chi connectivity index (χ1v) is 10.9. The molecular weight excluding hydrogens is 378 g/mol. The van der Waals surface area contributed by atoms with Crippen LogP contribution in [0.2, 0.25) is 0 Å². The van der Waals surface area contributed by atoms with Crippen molar-refractivity contribution in [3.8, 4) is 0 Å². The fourth-order valence-electron chi connectivity index (χ4n) is 3.21. The summed E-state index contributed by atoms with van der Waals surface area (Å²) < 4.78 is 25.1. The van der Waals surface area contributed by atoms with Crippen LogP contribution in [0.25, 0.3) is 0 Å². The van der Waals surface area contributed by atoms with Gasteiger partial charge in [0.1, 0.15) is 4.91 Å². The molecule has 136 valence electrons. The Kier molecular flexibility index (Phi) is 4.53. The maximum atomic E-state index is 12.5. The van der Waals surface area contributed by atoms with Crippen molar-refractivity contribution < 1.29 is 13.2 Å². The quantitative estimate of drug-likeness (QED) is 0.713. The number of hydrogen-bond donors (Lipinski definition) is 0. The van der Waals surface area contributed by atoms with E-state index in [1.165, 1.54) is 22.7 Å². The first-order valence-electron chi connectivity index (χ1n) is 8.56. The molecule has 2 aromatic carbocycles. The van der Waals surface area contributed by atoms with Crippen LogP contribution in [-0.2, 0) is 9.84 Å². The normalized spacial score (nSPS) is 20.6. The molecule has 0 aliphatic carbocycles. The number of anilines is 1. The summed E-state index contributed by atoms with van der Waals surface area (Å²) in [5, 5.41) is 1.07. The van der Waals surface area contributed by atoms with Gasteiger partial charge >= 0.3 is 0 Å². The number of para-hydroxylation sites is 1. The molecule has 4 nitrogen and oxygen atoms in total. The first kappa shape index (κ1) is 17.8. The fraction of sp³-hybridized carbons (Fsp3) is 0.0952. The van der Waals surface area contributed by atoms with Crippen LogP contribution in [0.5, 0.6) is 0 Å². The molecule has 4 rings (SSSR count). The van der Waals surface area contributed by atoms with Gasteiger partial charge in [-0.1, -0.05) is 48.2 Å². The van der Waals surface area contributed by atoms with Crippen LogP contribution in [0.3, 0.4) is 0 Å². The van der Waals surface area contributed by atoms with Gasteiger partial charge in [-0.25, -0.2) is 8.42 Å². The lowest BCUT2D eigenvalue weighted by Crippen LogP contribution is -2.16. The summed E-state index contributed by atoms with van der Waals surface area (Å²) in [6, 6.07) is 14.5. The van der Waals surface area contributed by atoms with Crippen LogP contribution in [0, 0.1) is 0 Å². The minimum absolute atomic E-state index is 0.0898. The van der Waals surface area contributed by atoms with Crippen LogP contribution in [0.4, 0.5) is 5.69 Å². The maximum absolute atomic E-state index is 12.5. The van der Waals surface area contributed by atoms with E-state index in [1.807, 2.05) is 18.2 Å². The number of thioether (sulfide) groups is 1. The van der Waals surface area contributed by atoms with E-state index in [2.05, 4.69) is 24.0 Å². The van der Waals surface area contributed by atoms with Crippen LogP contribution in [-0.4, -0.2) is 20.7 Å². The largest absolute Gasteiger partial charge is 0.335 e. The number of rotatable bonds is 3. The van der Waals surface area contributed by atoms with Gasteiger partial charge in [0.05, 0.1) is 15.6 Å². The van der Waals surface area contributed by atoms with E-state index in [0.29, 0.717) is 0 Å². The standard InChI is InChI=1S/C21H17NO3S2/c1-2-22-16-10-4-5-11-17(16)26-20(22)14-8-7-13-19-21(23)15-9-3-6-12-18(15)27(19,24)25/h3-14H,2H2,1H3. The minimum atomic E-state index is -3.73. The average molecular weight is 396 g/mol. The van der Waals surface area contributed by atoms with E-state index in [0.717, 1.165) is 11.6 Å². The number of benzene rings is 2. The summed E-state index contributed by atoms with van der Waals surface area (Å²) in [6.45, 7) is 2.93. The van der Waals surface area contributed by atoms with Gasteiger partial charge in [-0.05, 0) is 43.3 Å². The van der Waals surface area contributed by atoms with Crippen LogP contribution < -0.4 is 4.90 Å². The fourth-order valence-corrected chi connectivity index (χ4v) is 5.91. The number of nitrogens with zero attached hydrogens (tertiary/aromatic N) is 1. The van der Waals surface area contributed by atoms with E-state index in [1.54, 1.807) is 42.1 Å². The Morgan fingerprint density at radius 1 is 1.00 bits per heavy atom. The zero-order valence-electron chi connectivity index (χ0n) is 14.6.